The first kappa shape index (κ1) is 17.8. The number of anilines is 1. The van der Waals surface area contributed by atoms with E-state index in [2.05, 4.69) is 10.2 Å². The second kappa shape index (κ2) is 7.55. The second-order valence-corrected chi connectivity index (χ2v) is 7.76. The number of hydrogen-bond donors (Lipinski definition) is 1. The molecule has 4 rings (SSSR count). The molecule has 3 fully saturated rings. The molecule has 3 saturated heterocycles. The summed E-state index contributed by atoms with van der Waals surface area (Å²) < 4.78 is 0. The summed E-state index contributed by atoms with van der Waals surface area (Å²) in [5.74, 6) is -0.612. The molecule has 3 aliphatic rings. The Bertz CT molecular complexity index is 675. The lowest BCUT2D eigenvalue weighted by molar-refractivity contribution is -0.139. The van der Waals surface area contributed by atoms with Gasteiger partial charge in [0.2, 0.25) is 11.8 Å². The van der Waals surface area contributed by atoms with Crippen molar-refractivity contribution in [1.29, 1.82) is 0 Å². The molecule has 1 aromatic rings. The van der Waals surface area contributed by atoms with Crippen molar-refractivity contribution in [2.75, 3.05) is 50.7 Å². The van der Waals surface area contributed by atoms with E-state index < -0.39 is 5.92 Å². The molecule has 26 heavy (non-hydrogen) atoms. The molecule has 3 heterocycles. The minimum absolute atomic E-state index is 0.00379. The van der Waals surface area contributed by atoms with Crippen molar-refractivity contribution in [2.24, 2.45) is 5.92 Å². The summed E-state index contributed by atoms with van der Waals surface area (Å²) in [7, 11) is 0. The Morgan fingerprint density at radius 1 is 1.04 bits per heavy atom. The van der Waals surface area contributed by atoms with Gasteiger partial charge in [-0.15, -0.1) is 0 Å². The number of likely N-dealkylation sites (tertiary alicyclic amines) is 1. The van der Waals surface area contributed by atoms with Crippen molar-refractivity contribution < 1.29 is 9.59 Å². The van der Waals surface area contributed by atoms with Gasteiger partial charge in [-0.3, -0.25) is 14.5 Å². The van der Waals surface area contributed by atoms with Gasteiger partial charge in [0.05, 0.1) is 0 Å². The van der Waals surface area contributed by atoms with Gasteiger partial charge in [0.15, 0.2) is 0 Å². The topological polar surface area (TPSA) is 55.9 Å². The van der Waals surface area contributed by atoms with Gasteiger partial charge in [-0.1, -0.05) is 11.6 Å². The van der Waals surface area contributed by atoms with Gasteiger partial charge in [-0.05, 0) is 37.1 Å². The lowest BCUT2D eigenvalue weighted by Crippen LogP contribution is -2.49. The monoisotopic (exact) mass is 376 g/mol. The number of hydrogen-bond acceptors (Lipinski definition) is 4. The SMILES string of the molecule is O=C(C1CCN(c2ccc(Cl)cc2)C1=O)N1CCC(N2CCNCC2)C1. The zero-order valence-corrected chi connectivity index (χ0v) is 15.6. The van der Waals surface area contributed by atoms with Crippen molar-refractivity contribution in [2.45, 2.75) is 18.9 Å². The Labute approximate surface area is 159 Å². The summed E-state index contributed by atoms with van der Waals surface area (Å²) in [4.78, 5) is 31.8. The first-order valence-electron chi connectivity index (χ1n) is 9.44. The van der Waals surface area contributed by atoms with E-state index in [4.69, 9.17) is 11.6 Å². The third-order valence-electron chi connectivity index (χ3n) is 5.78. The summed E-state index contributed by atoms with van der Waals surface area (Å²) in [5, 5.41) is 4.01. The molecule has 2 unspecified atom stereocenters. The first-order chi connectivity index (χ1) is 12.6. The van der Waals surface area contributed by atoms with E-state index in [9.17, 15) is 9.59 Å². The largest absolute Gasteiger partial charge is 0.340 e. The number of carbonyl (C=O) groups is 2. The number of amides is 2. The highest BCUT2D eigenvalue weighted by molar-refractivity contribution is 6.30. The zero-order chi connectivity index (χ0) is 18.1. The minimum Gasteiger partial charge on any atom is -0.340 e. The molecular formula is C19H25ClN4O2. The van der Waals surface area contributed by atoms with Crippen LogP contribution in [0.1, 0.15) is 12.8 Å². The average molecular weight is 377 g/mol. The van der Waals surface area contributed by atoms with Crippen LogP contribution in [0.2, 0.25) is 5.02 Å². The molecule has 140 valence electrons. The van der Waals surface area contributed by atoms with Gasteiger partial charge in [0.1, 0.15) is 5.92 Å². The number of piperazine rings is 1. The Morgan fingerprint density at radius 2 is 1.77 bits per heavy atom. The van der Waals surface area contributed by atoms with Gasteiger partial charge in [-0.2, -0.15) is 0 Å². The van der Waals surface area contributed by atoms with E-state index in [0.717, 1.165) is 51.4 Å². The van der Waals surface area contributed by atoms with Crippen LogP contribution in [-0.4, -0.2) is 73.5 Å². The van der Waals surface area contributed by atoms with Crippen LogP contribution < -0.4 is 10.2 Å². The lowest BCUT2D eigenvalue weighted by Gasteiger charge is -2.32. The zero-order valence-electron chi connectivity index (χ0n) is 14.9. The van der Waals surface area contributed by atoms with Crippen molar-refractivity contribution in [3.05, 3.63) is 29.3 Å². The average Bonchev–Trinajstić information content (AvgIpc) is 3.30. The number of halogens is 1. The third kappa shape index (κ3) is 3.46. The van der Waals surface area contributed by atoms with Gasteiger partial charge in [0.25, 0.3) is 0 Å². The fourth-order valence-electron chi connectivity index (χ4n) is 4.29. The molecule has 2 atom stereocenters. The number of nitrogens with zero attached hydrogens (tertiary/aromatic N) is 3. The van der Waals surface area contributed by atoms with E-state index in [1.165, 1.54) is 0 Å². The smallest absolute Gasteiger partial charge is 0.239 e. The quantitative estimate of drug-likeness (QED) is 0.805. The Balaban J connectivity index is 1.38. The molecule has 1 aromatic carbocycles. The molecule has 0 saturated carbocycles. The maximum Gasteiger partial charge on any atom is 0.239 e. The van der Waals surface area contributed by atoms with Gasteiger partial charge in [-0.25, -0.2) is 0 Å². The molecular weight excluding hydrogens is 352 g/mol. The number of benzene rings is 1. The van der Waals surface area contributed by atoms with Crippen molar-refractivity contribution in [1.82, 2.24) is 15.1 Å². The number of carbonyl (C=O) groups excluding carboxylic acids is 2. The summed E-state index contributed by atoms with van der Waals surface area (Å²) >= 11 is 5.93. The van der Waals surface area contributed by atoms with E-state index >= 15 is 0 Å². The molecule has 7 heteroatoms. The highest BCUT2D eigenvalue weighted by atomic mass is 35.5. The molecule has 0 spiro atoms. The Kier molecular flexibility index (Phi) is 5.16. The van der Waals surface area contributed by atoms with E-state index in [1.807, 2.05) is 17.0 Å². The van der Waals surface area contributed by atoms with Crippen LogP contribution in [-0.2, 0) is 9.59 Å². The van der Waals surface area contributed by atoms with Crippen LogP contribution in [0.3, 0.4) is 0 Å². The predicted octanol–water partition coefficient (Wildman–Crippen LogP) is 1.20. The van der Waals surface area contributed by atoms with Crippen molar-refractivity contribution in [3.63, 3.8) is 0 Å². The van der Waals surface area contributed by atoms with Crippen LogP contribution in [0.25, 0.3) is 0 Å². The first-order valence-corrected chi connectivity index (χ1v) is 9.82. The molecule has 2 amide bonds. The summed E-state index contributed by atoms with van der Waals surface area (Å²) in [6.45, 7) is 6.22. The third-order valence-corrected chi connectivity index (χ3v) is 6.04. The predicted molar refractivity (Wildman–Crippen MR) is 101 cm³/mol. The van der Waals surface area contributed by atoms with Gasteiger partial charge in [0, 0.05) is 62.6 Å². The molecule has 0 aromatic heterocycles. The van der Waals surface area contributed by atoms with Gasteiger partial charge >= 0.3 is 0 Å². The molecule has 3 aliphatic heterocycles. The molecule has 0 radical (unpaired) electrons. The van der Waals surface area contributed by atoms with E-state index in [1.54, 1.807) is 17.0 Å². The summed E-state index contributed by atoms with van der Waals surface area (Å²) in [6, 6.07) is 7.66. The van der Waals surface area contributed by atoms with E-state index in [-0.39, 0.29) is 11.8 Å². The fraction of sp³-hybridized carbons (Fsp3) is 0.579. The van der Waals surface area contributed by atoms with Crippen LogP contribution in [0.5, 0.6) is 0 Å². The Hall–Kier alpha value is -1.63. The van der Waals surface area contributed by atoms with Crippen molar-refractivity contribution >= 4 is 29.1 Å². The highest BCUT2D eigenvalue weighted by Crippen LogP contribution is 2.29. The number of rotatable bonds is 3. The van der Waals surface area contributed by atoms with Crippen molar-refractivity contribution in [3.8, 4) is 0 Å². The normalized spacial score (nSPS) is 27.3. The van der Waals surface area contributed by atoms with E-state index in [0.29, 0.717) is 24.0 Å². The summed E-state index contributed by atoms with van der Waals surface area (Å²) in [5.41, 5.74) is 0.815. The Morgan fingerprint density at radius 3 is 2.50 bits per heavy atom. The fourth-order valence-corrected chi connectivity index (χ4v) is 4.42. The standard InChI is InChI=1S/C19H25ClN4O2/c20-14-1-3-15(4-2-14)24-10-6-17(19(24)26)18(25)23-9-5-16(13-23)22-11-7-21-8-12-22/h1-4,16-17,21H,5-13H2. The van der Waals surface area contributed by atoms with Gasteiger partial charge < -0.3 is 15.1 Å². The molecule has 0 bridgehead atoms. The minimum atomic E-state index is -0.535. The second-order valence-electron chi connectivity index (χ2n) is 7.32. The maximum atomic E-state index is 12.9. The molecule has 0 aliphatic carbocycles. The van der Waals surface area contributed by atoms with Crippen LogP contribution in [0.4, 0.5) is 5.69 Å². The molecule has 6 nitrogen and oxygen atoms in total. The number of nitrogens with one attached hydrogen (secondary N) is 1. The van der Waals surface area contributed by atoms with Crippen LogP contribution in [0, 0.1) is 5.92 Å². The maximum absolute atomic E-state index is 12.9. The lowest BCUT2D eigenvalue weighted by atomic mass is 10.1. The molecule has 1 N–H and O–H groups in total. The van der Waals surface area contributed by atoms with Crippen LogP contribution >= 0.6 is 11.6 Å². The summed E-state index contributed by atoms with van der Waals surface area (Å²) in [6.07, 6.45) is 1.60. The van der Waals surface area contributed by atoms with Crippen LogP contribution in [0.15, 0.2) is 24.3 Å². The highest BCUT2D eigenvalue weighted by Gasteiger charge is 2.42.